The van der Waals surface area contributed by atoms with E-state index in [0.29, 0.717) is 11.3 Å². The van der Waals surface area contributed by atoms with Gasteiger partial charge in [-0.3, -0.25) is 19.3 Å². The van der Waals surface area contributed by atoms with Gasteiger partial charge in [-0.15, -0.1) is 0 Å². The number of anilines is 1. The Hall–Kier alpha value is -2.74. The monoisotopic (exact) mass is 402 g/mol. The van der Waals surface area contributed by atoms with E-state index in [1.54, 1.807) is 45.0 Å². The van der Waals surface area contributed by atoms with Crippen LogP contribution in [-0.4, -0.2) is 61.0 Å². The summed E-state index contributed by atoms with van der Waals surface area (Å²) < 4.78 is 10.5. The predicted molar refractivity (Wildman–Crippen MR) is 104 cm³/mol. The number of hydrogen-bond donors (Lipinski definition) is 0. The number of methoxy groups -OCH3 is 1. The number of esters is 1. The van der Waals surface area contributed by atoms with Crippen molar-refractivity contribution in [3.8, 4) is 0 Å². The van der Waals surface area contributed by atoms with E-state index in [-0.39, 0.29) is 43.6 Å². The number of ether oxygens (including phenoxy) is 2. The van der Waals surface area contributed by atoms with Gasteiger partial charge in [0.2, 0.25) is 11.6 Å². The second-order valence-corrected chi connectivity index (χ2v) is 8.26. The summed E-state index contributed by atoms with van der Waals surface area (Å²) in [4.78, 5) is 54.3. The minimum atomic E-state index is -1.61. The third-order valence-electron chi connectivity index (χ3n) is 5.39. The van der Waals surface area contributed by atoms with Crippen molar-refractivity contribution in [2.45, 2.75) is 39.3 Å². The fraction of sp³-hybridized carbons (Fsp3) is 0.524. The number of nitrogens with zero attached hydrogens (tertiary/aromatic N) is 2. The molecule has 0 N–H and O–H groups in total. The molecule has 2 heterocycles. The number of para-hydroxylation sites is 1. The molecular formula is C21H26N2O6. The summed E-state index contributed by atoms with van der Waals surface area (Å²) >= 11 is 0. The number of ketones is 1. The van der Waals surface area contributed by atoms with Crippen LogP contribution in [0.5, 0.6) is 0 Å². The molecule has 0 spiro atoms. The van der Waals surface area contributed by atoms with Crippen molar-refractivity contribution in [2.75, 3.05) is 31.8 Å². The first-order valence-electron chi connectivity index (χ1n) is 9.58. The Labute approximate surface area is 169 Å². The molecule has 2 amide bonds. The summed E-state index contributed by atoms with van der Waals surface area (Å²) in [5, 5.41) is 0. The van der Waals surface area contributed by atoms with Gasteiger partial charge in [0.15, 0.2) is 12.4 Å². The molecule has 2 aliphatic rings. The summed E-state index contributed by atoms with van der Waals surface area (Å²) in [5.74, 6) is -1.67. The highest BCUT2D eigenvalue weighted by molar-refractivity contribution is 6.15. The average molecular weight is 402 g/mol. The van der Waals surface area contributed by atoms with E-state index in [4.69, 9.17) is 9.47 Å². The molecule has 3 rings (SSSR count). The smallest absolute Gasteiger partial charge is 0.354 e. The number of hydrogen-bond acceptors (Lipinski definition) is 6. The van der Waals surface area contributed by atoms with Gasteiger partial charge in [-0.05, 0) is 12.1 Å². The van der Waals surface area contributed by atoms with Gasteiger partial charge < -0.3 is 14.4 Å². The third-order valence-corrected chi connectivity index (χ3v) is 5.39. The molecule has 1 aromatic rings. The second-order valence-electron chi connectivity index (χ2n) is 8.26. The molecule has 1 atom stereocenters. The summed E-state index contributed by atoms with van der Waals surface area (Å²) in [7, 11) is 1.49. The van der Waals surface area contributed by atoms with Gasteiger partial charge >= 0.3 is 5.97 Å². The van der Waals surface area contributed by atoms with Crippen LogP contribution in [0.2, 0.25) is 0 Å². The quantitative estimate of drug-likeness (QED) is 0.674. The molecule has 0 radical (unpaired) electrons. The molecule has 1 fully saturated rings. The summed E-state index contributed by atoms with van der Waals surface area (Å²) in [6.07, 6.45) is 0.186. The Morgan fingerprint density at radius 2 is 1.86 bits per heavy atom. The zero-order valence-electron chi connectivity index (χ0n) is 17.2. The highest BCUT2D eigenvalue weighted by atomic mass is 16.5. The third kappa shape index (κ3) is 3.42. The molecule has 1 aromatic carbocycles. The van der Waals surface area contributed by atoms with E-state index >= 15 is 0 Å². The van der Waals surface area contributed by atoms with Crippen LogP contribution in [-0.2, 0) is 23.9 Å². The molecule has 29 heavy (non-hydrogen) atoms. The van der Waals surface area contributed by atoms with E-state index in [1.807, 2.05) is 0 Å². The Morgan fingerprint density at radius 1 is 1.17 bits per heavy atom. The minimum absolute atomic E-state index is 0.0907. The van der Waals surface area contributed by atoms with Crippen LogP contribution in [0.25, 0.3) is 0 Å². The molecule has 1 saturated heterocycles. The van der Waals surface area contributed by atoms with E-state index in [2.05, 4.69) is 0 Å². The Morgan fingerprint density at radius 3 is 2.52 bits per heavy atom. The van der Waals surface area contributed by atoms with Crippen LogP contribution in [0.3, 0.4) is 0 Å². The Balaban J connectivity index is 2.04. The maximum atomic E-state index is 13.3. The van der Waals surface area contributed by atoms with E-state index in [1.165, 1.54) is 16.9 Å². The van der Waals surface area contributed by atoms with E-state index in [0.717, 1.165) is 0 Å². The normalized spacial score (nSPS) is 21.1. The molecule has 0 unspecified atom stereocenters. The number of amides is 2. The standard InChI is InChI=1S/C21H26N2O6/c1-20(2,3)16(24)13-29-19(27)21-10-9-17(25)23(21)15-8-6-5-7-14(15)18(26)22(21)11-12-28-4/h5-8H,9-13H2,1-4H3/t21-/m0/s1. The van der Waals surface area contributed by atoms with Gasteiger partial charge in [-0.1, -0.05) is 32.9 Å². The van der Waals surface area contributed by atoms with Crippen molar-refractivity contribution in [2.24, 2.45) is 5.41 Å². The highest BCUT2D eigenvalue weighted by Gasteiger charge is 2.61. The maximum absolute atomic E-state index is 13.3. The summed E-state index contributed by atoms with van der Waals surface area (Å²) in [5.41, 5.74) is -1.56. The van der Waals surface area contributed by atoms with Crippen LogP contribution in [0.4, 0.5) is 5.69 Å². The molecule has 0 bridgehead atoms. The molecule has 8 nitrogen and oxygen atoms in total. The lowest BCUT2D eigenvalue weighted by Crippen LogP contribution is -2.69. The van der Waals surface area contributed by atoms with Crippen molar-refractivity contribution < 1.29 is 28.7 Å². The van der Waals surface area contributed by atoms with Crippen LogP contribution in [0.15, 0.2) is 24.3 Å². The molecule has 0 aliphatic carbocycles. The molecule has 2 aliphatic heterocycles. The van der Waals surface area contributed by atoms with Gasteiger partial charge in [0, 0.05) is 31.9 Å². The fourth-order valence-corrected chi connectivity index (χ4v) is 3.70. The number of carbonyl (C=O) groups excluding carboxylic acids is 4. The van der Waals surface area contributed by atoms with Crippen LogP contribution >= 0.6 is 0 Å². The van der Waals surface area contributed by atoms with Gasteiger partial charge in [-0.25, -0.2) is 4.79 Å². The molecule has 8 heteroatoms. The van der Waals surface area contributed by atoms with Crippen molar-refractivity contribution in [3.63, 3.8) is 0 Å². The van der Waals surface area contributed by atoms with Crippen molar-refractivity contribution in [1.82, 2.24) is 4.90 Å². The average Bonchev–Trinajstić information content (AvgIpc) is 3.03. The summed E-state index contributed by atoms with van der Waals surface area (Å²) in [6.45, 7) is 5.08. The summed E-state index contributed by atoms with van der Waals surface area (Å²) in [6, 6.07) is 6.69. The fourth-order valence-electron chi connectivity index (χ4n) is 3.70. The number of fused-ring (bicyclic) bond motifs is 3. The number of Topliss-reactive ketones (excluding diaryl/α,β-unsaturated/α-hetero) is 1. The lowest BCUT2D eigenvalue weighted by molar-refractivity contribution is -0.161. The first-order chi connectivity index (χ1) is 13.6. The first-order valence-corrected chi connectivity index (χ1v) is 9.58. The van der Waals surface area contributed by atoms with Crippen LogP contribution in [0, 0.1) is 5.41 Å². The Kier molecular flexibility index (Phi) is 5.49. The second kappa shape index (κ2) is 7.59. The van der Waals surface area contributed by atoms with Gasteiger partial charge in [0.25, 0.3) is 5.91 Å². The molecular weight excluding hydrogens is 376 g/mol. The lowest BCUT2D eigenvalue weighted by atomic mass is 9.91. The largest absolute Gasteiger partial charge is 0.455 e. The van der Waals surface area contributed by atoms with E-state index in [9.17, 15) is 19.2 Å². The van der Waals surface area contributed by atoms with Gasteiger partial charge in [-0.2, -0.15) is 0 Å². The number of benzene rings is 1. The van der Waals surface area contributed by atoms with Crippen molar-refractivity contribution in [3.05, 3.63) is 29.8 Å². The maximum Gasteiger partial charge on any atom is 0.354 e. The molecule has 0 aromatic heterocycles. The topological polar surface area (TPSA) is 93.2 Å². The lowest BCUT2D eigenvalue weighted by Gasteiger charge is -2.48. The highest BCUT2D eigenvalue weighted by Crippen LogP contribution is 2.45. The van der Waals surface area contributed by atoms with Crippen LogP contribution in [0.1, 0.15) is 44.0 Å². The SMILES string of the molecule is COCCN1C(=O)c2ccccc2N2C(=O)CC[C@]12C(=O)OCC(=O)C(C)(C)C. The zero-order chi connectivity index (χ0) is 21.4. The zero-order valence-corrected chi connectivity index (χ0v) is 17.2. The Bertz CT molecular complexity index is 859. The molecule has 0 saturated carbocycles. The van der Waals surface area contributed by atoms with Gasteiger partial charge in [0.05, 0.1) is 17.9 Å². The van der Waals surface area contributed by atoms with E-state index < -0.39 is 23.7 Å². The predicted octanol–water partition coefficient (Wildman–Crippen LogP) is 1.77. The minimum Gasteiger partial charge on any atom is -0.455 e. The molecule has 156 valence electrons. The van der Waals surface area contributed by atoms with Crippen molar-refractivity contribution in [1.29, 1.82) is 0 Å². The van der Waals surface area contributed by atoms with Crippen molar-refractivity contribution >= 4 is 29.3 Å². The number of rotatable bonds is 6. The van der Waals surface area contributed by atoms with Gasteiger partial charge in [0.1, 0.15) is 0 Å². The van der Waals surface area contributed by atoms with Crippen LogP contribution < -0.4 is 4.90 Å². The number of carbonyl (C=O) groups is 4. The first kappa shape index (κ1) is 21.0.